The van der Waals surface area contributed by atoms with Crippen LogP contribution in [0.2, 0.25) is 0 Å². The summed E-state index contributed by atoms with van der Waals surface area (Å²) in [6.45, 7) is 10.6. The van der Waals surface area contributed by atoms with Crippen molar-refractivity contribution in [2.45, 2.75) is 26.2 Å². The molecule has 120 valence electrons. The third-order valence-corrected chi connectivity index (χ3v) is 4.28. The molecule has 1 nitrogen and oxygen atoms in total. The molecular weight excluding hydrogens is 290 g/mol. The van der Waals surface area contributed by atoms with Crippen LogP contribution in [-0.4, -0.2) is 4.98 Å². The van der Waals surface area contributed by atoms with Gasteiger partial charge in [0.25, 0.3) is 0 Å². The first kappa shape index (κ1) is 16.2. The summed E-state index contributed by atoms with van der Waals surface area (Å²) in [7, 11) is 0. The first-order chi connectivity index (χ1) is 11.5. The highest BCUT2D eigenvalue weighted by molar-refractivity contribution is 5.79. The molecule has 0 aliphatic rings. The molecule has 0 atom stereocenters. The van der Waals surface area contributed by atoms with Gasteiger partial charge in [-0.15, -0.1) is 0 Å². The van der Waals surface area contributed by atoms with Crippen molar-refractivity contribution in [3.63, 3.8) is 0 Å². The first-order valence-corrected chi connectivity index (χ1v) is 8.28. The Morgan fingerprint density at radius 2 is 1.62 bits per heavy atom. The predicted molar refractivity (Wildman–Crippen MR) is 104 cm³/mol. The minimum atomic E-state index is 0.100. The Kier molecular flexibility index (Phi) is 4.35. The monoisotopic (exact) mass is 313 g/mol. The van der Waals surface area contributed by atoms with Crippen molar-refractivity contribution >= 4 is 6.08 Å². The molecule has 1 heterocycles. The second-order valence-corrected chi connectivity index (χ2v) is 7.05. The summed E-state index contributed by atoms with van der Waals surface area (Å²) in [5.41, 5.74) is 7.01. The van der Waals surface area contributed by atoms with Gasteiger partial charge in [0, 0.05) is 11.8 Å². The van der Waals surface area contributed by atoms with E-state index in [-0.39, 0.29) is 5.41 Å². The van der Waals surface area contributed by atoms with E-state index in [2.05, 4.69) is 86.9 Å². The molecule has 2 aromatic carbocycles. The molecule has 0 aliphatic carbocycles. The van der Waals surface area contributed by atoms with Crippen molar-refractivity contribution in [1.82, 2.24) is 4.98 Å². The molecule has 1 aromatic heterocycles. The van der Waals surface area contributed by atoms with Gasteiger partial charge in [0.05, 0.1) is 5.69 Å². The quantitative estimate of drug-likeness (QED) is 0.548. The van der Waals surface area contributed by atoms with E-state index in [1.165, 1.54) is 16.7 Å². The standard InChI is InChI=1S/C23H23N/c1-5-17-11-12-19(18-9-7-6-8-10-18)15-21(17)22-16-20(13-14-24-22)23(2,3)4/h5-16H,1H2,2-4H3. The average Bonchev–Trinajstić information content (AvgIpc) is 2.61. The van der Waals surface area contributed by atoms with Gasteiger partial charge in [0.15, 0.2) is 0 Å². The van der Waals surface area contributed by atoms with Crippen LogP contribution in [-0.2, 0) is 5.41 Å². The molecule has 0 fully saturated rings. The van der Waals surface area contributed by atoms with Crippen LogP contribution < -0.4 is 0 Å². The Morgan fingerprint density at radius 1 is 0.875 bits per heavy atom. The fourth-order valence-electron chi connectivity index (χ4n) is 2.81. The van der Waals surface area contributed by atoms with Crippen molar-refractivity contribution in [3.05, 3.63) is 84.6 Å². The summed E-state index contributed by atoms with van der Waals surface area (Å²) in [5, 5.41) is 0. The highest BCUT2D eigenvalue weighted by Gasteiger charge is 2.15. The molecule has 0 unspecified atom stereocenters. The van der Waals surface area contributed by atoms with E-state index in [9.17, 15) is 0 Å². The van der Waals surface area contributed by atoms with Gasteiger partial charge in [-0.1, -0.05) is 75.9 Å². The van der Waals surface area contributed by atoms with Crippen molar-refractivity contribution in [1.29, 1.82) is 0 Å². The van der Waals surface area contributed by atoms with Crippen molar-refractivity contribution in [2.24, 2.45) is 0 Å². The van der Waals surface area contributed by atoms with E-state index in [0.29, 0.717) is 0 Å². The van der Waals surface area contributed by atoms with E-state index in [1.54, 1.807) is 0 Å². The maximum absolute atomic E-state index is 4.62. The number of hydrogen-bond acceptors (Lipinski definition) is 1. The number of rotatable bonds is 3. The minimum Gasteiger partial charge on any atom is -0.256 e. The lowest BCUT2D eigenvalue weighted by Crippen LogP contribution is -2.11. The van der Waals surface area contributed by atoms with E-state index >= 15 is 0 Å². The van der Waals surface area contributed by atoms with Gasteiger partial charge >= 0.3 is 0 Å². The van der Waals surface area contributed by atoms with E-state index < -0.39 is 0 Å². The number of pyridine rings is 1. The number of nitrogens with zero attached hydrogens (tertiary/aromatic N) is 1. The van der Waals surface area contributed by atoms with Crippen LogP contribution in [0.4, 0.5) is 0 Å². The largest absolute Gasteiger partial charge is 0.256 e. The molecule has 0 saturated carbocycles. The highest BCUT2D eigenvalue weighted by atomic mass is 14.7. The summed E-state index contributed by atoms with van der Waals surface area (Å²) in [5.74, 6) is 0. The van der Waals surface area contributed by atoms with Gasteiger partial charge in [-0.2, -0.15) is 0 Å². The molecule has 3 rings (SSSR count). The molecule has 0 spiro atoms. The van der Waals surface area contributed by atoms with E-state index in [4.69, 9.17) is 0 Å². The van der Waals surface area contributed by atoms with Crippen molar-refractivity contribution in [3.8, 4) is 22.4 Å². The molecule has 1 heteroatoms. The molecule has 0 aliphatic heterocycles. The van der Waals surface area contributed by atoms with E-state index in [1.807, 2.05) is 18.3 Å². The lowest BCUT2D eigenvalue weighted by atomic mass is 9.86. The summed E-state index contributed by atoms with van der Waals surface area (Å²) in [4.78, 5) is 4.62. The third kappa shape index (κ3) is 3.30. The Hall–Kier alpha value is -2.67. The molecule has 0 saturated heterocycles. The molecule has 3 aromatic rings. The predicted octanol–water partition coefficient (Wildman–Crippen LogP) is 6.36. The highest BCUT2D eigenvalue weighted by Crippen LogP contribution is 2.31. The third-order valence-electron chi connectivity index (χ3n) is 4.28. The summed E-state index contributed by atoms with van der Waals surface area (Å²) >= 11 is 0. The zero-order valence-corrected chi connectivity index (χ0v) is 14.6. The fourth-order valence-corrected chi connectivity index (χ4v) is 2.81. The second-order valence-electron chi connectivity index (χ2n) is 7.05. The van der Waals surface area contributed by atoms with Gasteiger partial charge in [-0.3, -0.25) is 4.98 Å². The SMILES string of the molecule is C=Cc1ccc(-c2ccccc2)cc1-c1cc(C(C)(C)C)ccn1. The van der Waals surface area contributed by atoms with Gasteiger partial charge in [0.1, 0.15) is 0 Å². The number of benzene rings is 2. The van der Waals surface area contributed by atoms with Crippen LogP contribution in [0.5, 0.6) is 0 Å². The molecular formula is C23H23N. The maximum Gasteiger partial charge on any atom is 0.0711 e. The number of hydrogen-bond donors (Lipinski definition) is 0. The normalized spacial score (nSPS) is 11.3. The summed E-state index contributed by atoms with van der Waals surface area (Å²) < 4.78 is 0. The van der Waals surface area contributed by atoms with Gasteiger partial charge in [0.2, 0.25) is 0 Å². The Morgan fingerprint density at radius 3 is 2.29 bits per heavy atom. The summed E-state index contributed by atoms with van der Waals surface area (Å²) in [6.07, 6.45) is 3.80. The van der Waals surface area contributed by atoms with Gasteiger partial charge in [-0.05, 0) is 45.9 Å². The lowest BCUT2D eigenvalue weighted by Gasteiger charge is -2.20. The average molecular weight is 313 g/mol. The first-order valence-electron chi connectivity index (χ1n) is 8.28. The van der Waals surface area contributed by atoms with Crippen LogP contribution in [0.3, 0.4) is 0 Å². The Labute approximate surface area is 144 Å². The molecule has 0 bridgehead atoms. The Bertz CT molecular complexity index is 855. The van der Waals surface area contributed by atoms with Crippen molar-refractivity contribution in [2.75, 3.05) is 0 Å². The van der Waals surface area contributed by atoms with Crippen molar-refractivity contribution < 1.29 is 0 Å². The zero-order chi connectivity index (χ0) is 17.2. The molecule has 24 heavy (non-hydrogen) atoms. The maximum atomic E-state index is 4.62. The van der Waals surface area contributed by atoms with Crippen LogP contribution >= 0.6 is 0 Å². The molecule has 0 amide bonds. The van der Waals surface area contributed by atoms with Gasteiger partial charge < -0.3 is 0 Å². The van der Waals surface area contributed by atoms with Gasteiger partial charge in [-0.25, -0.2) is 0 Å². The minimum absolute atomic E-state index is 0.100. The topological polar surface area (TPSA) is 12.9 Å². The Balaban J connectivity index is 2.15. The number of aromatic nitrogens is 1. The van der Waals surface area contributed by atoms with Crippen LogP contribution in [0, 0.1) is 0 Å². The van der Waals surface area contributed by atoms with Crippen LogP contribution in [0.1, 0.15) is 31.9 Å². The zero-order valence-electron chi connectivity index (χ0n) is 14.6. The second kappa shape index (κ2) is 6.45. The summed E-state index contributed by atoms with van der Waals surface area (Å²) in [6, 6.07) is 21.2. The van der Waals surface area contributed by atoms with E-state index in [0.717, 1.165) is 16.8 Å². The molecule has 0 N–H and O–H groups in total. The fraction of sp³-hybridized carbons (Fsp3) is 0.174. The smallest absolute Gasteiger partial charge is 0.0711 e. The van der Waals surface area contributed by atoms with Crippen LogP contribution in [0.15, 0.2) is 73.4 Å². The molecule has 0 radical (unpaired) electrons. The van der Waals surface area contributed by atoms with Crippen LogP contribution in [0.25, 0.3) is 28.5 Å². The lowest BCUT2D eigenvalue weighted by molar-refractivity contribution is 0.589.